The Labute approximate surface area is 208 Å². The number of ether oxygens (including phenoxy) is 2. The van der Waals surface area contributed by atoms with Crippen LogP contribution in [0.15, 0.2) is 64.6 Å². The lowest BCUT2D eigenvalue weighted by molar-refractivity contribution is -0.112. The minimum absolute atomic E-state index is 0.135. The van der Waals surface area contributed by atoms with Crippen LogP contribution in [-0.4, -0.2) is 13.0 Å². The summed E-state index contributed by atoms with van der Waals surface area (Å²) < 4.78 is 24.9. The van der Waals surface area contributed by atoms with Crippen molar-refractivity contribution in [2.45, 2.75) is 6.61 Å². The van der Waals surface area contributed by atoms with Crippen LogP contribution in [0.25, 0.3) is 6.08 Å². The van der Waals surface area contributed by atoms with E-state index in [-0.39, 0.29) is 23.0 Å². The molecule has 168 valence electrons. The van der Waals surface area contributed by atoms with Gasteiger partial charge in [-0.2, -0.15) is 5.26 Å². The summed E-state index contributed by atoms with van der Waals surface area (Å²) in [6, 6.07) is 15.8. The van der Waals surface area contributed by atoms with Gasteiger partial charge in [0, 0.05) is 10.2 Å². The van der Waals surface area contributed by atoms with Gasteiger partial charge in [-0.3, -0.25) is 4.79 Å². The molecule has 3 aromatic rings. The van der Waals surface area contributed by atoms with E-state index in [0.29, 0.717) is 32.2 Å². The average molecular weight is 550 g/mol. The third-order valence-electron chi connectivity index (χ3n) is 4.43. The summed E-state index contributed by atoms with van der Waals surface area (Å²) in [6.45, 7) is 0.202. The van der Waals surface area contributed by atoms with E-state index >= 15 is 0 Å². The van der Waals surface area contributed by atoms with Crippen LogP contribution < -0.4 is 14.8 Å². The molecule has 0 heterocycles. The molecule has 3 rings (SSSR count). The minimum Gasteiger partial charge on any atom is -0.493 e. The standard InChI is InChI=1S/C24H16BrCl2FN2O3/c1-32-22-9-15(19(25)11-23(22)33-13-14-2-4-17(28)5-3-14)8-16(12-29)24(31)30-18-6-7-20(26)21(27)10-18/h2-11H,13H2,1H3,(H,30,31)/b16-8+. The molecule has 0 bridgehead atoms. The second-order valence-electron chi connectivity index (χ2n) is 6.69. The summed E-state index contributed by atoms with van der Waals surface area (Å²) in [5, 5.41) is 12.8. The maximum atomic E-state index is 13.1. The Balaban J connectivity index is 1.81. The zero-order valence-electron chi connectivity index (χ0n) is 17.2. The molecule has 0 radical (unpaired) electrons. The molecule has 3 aromatic carbocycles. The number of methoxy groups -OCH3 is 1. The van der Waals surface area contributed by atoms with Gasteiger partial charge in [0.2, 0.25) is 0 Å². The maximum Gasteiger partial charge on any atom is 0.266 e. The molecule has 0 saturated carbocycles. The summed E-state index contributed by atoms with van der Waals surface area (Å²) in [4.78, 5) is 12.6. The van der Waals surface area contributed by atoms with E-state index in [1.807, 2.05) is 6.07 Å². The molecule has 5 nitrogen and oxygen atoms in total. The van der Waals surface area contributed by atoms with Crippen molar-refractivity contribution in [1.82, 2.24) is 0 Å². The Hall–Kier alpha value is -3.05. The Morgan fingerprint density at radius 1 is 1.12 bits per heavy atom. The summed E-state index contributed by atoms with van der Waals surface area (Å²) in [6.07, 6.45) is 1.42. The van der Waals surface area contributed by atoms with Gasteiger partial charge in [-0.1, -0.05) is 51.3 Å². The molecule has 0 aliphatic carbocycles. The highest BCUT2D eigenvalue weighted by Crippen LogP contribution is 2.35. The maximum absolute atomic E-state index is 13.1. The first-order chi connectivity index (χ1) is 15.8. The Kier molecular flexibility index (Phi) is 8.34. The van der Waals surface area contributed by atoms with E-state index < -0.39 is 5.91 Å². The van der Waals surface area contributed by atoms with Gasteiger partial charge in [-0.15, -0.1) is 0 Å². The Morgan fingerprint density at radius 3 is 2.48 bits per heavy atom. The van der Waals surface area contributed by atoms with Crippen LogP contribution in [0.3, 0.4) is 0 Å². The molecule has 9 heteroatoms. The van der Waals surface area contributed by atoms with Crippen LogP contribution in [0.4, 0.5) is 10.1 Å². The van der Waals surface area contributed by atoms with Gasteiger partial charge >= 0.3 is 0 Å². The smallest absolute Gasteiger partial charge is 0.266 e. The summed E-state index contributed by atoms with van der Waals surface area (Å²) in [5.74, 6) is -0.108. The van der Waals surface area contributed by atoms with E-state index in [4.69, 9.17) is 32.7 Å². The number of hydrogen-bond donors (Lipinski definition) is 1. The molecule has 33 heavy (non-hydrogen) atoms. The topological polar surface area (TPSA) is 71.3 Å². The second-order valence-corrected chi connectivity index (χ2v) is 8.36. The van der Waals surface area contributed by atoms with E-state index in [1.165, 1.54) is 31.4 Å². The first-order valence-electron chi connectivity index (χ1n) is 9.43. The molecular weight excluding hydrogens is 534 g/mol. The highest BCUT2D eigenvalue weighted by atomic mass is 79.9. The first-order valence-corrected chi connectivity index (χ1v) is 11.0. The quantitative estimate of drug-likeness (QED) is 0.254. The number of carbonyl (C=O) groups excluding carboxylic acids is 1. The lowest BCUT2D eigenvalue weighted by Gasteiger charge is -2.13. The van der Waals surface area contributed by atoms with Crippen LogP contribution >= 0.6 is 39.1 Å². The van der Waals surface area contributed by atoms with Crippen LogP contribution in [0.5, 0.6) is 11.5 Å². The van der Waals surface area contributed by atoms with Crippen molar-refractivity contribution in [2.75, 3.05) is 12.4 Å². The van der Waals surface area contributed by atoms with Crippen molar-refractivity contribution < 1.29 is 18.7 Å². The number of rotatable bonds is 7. The van der Waals surface area contributed by atoms with Gasteiger partial charge in [0.05, 0.1) is 17.2 Å². The summed E-state index contributed by atoms with van der Waals surface area (Å²) >= 11 is 15.3. The van der Waals surface area contributed by atoms with E-state index in [9.17, 15) is 14.4 Å². The first kappa shape index (κ1) is 24.6. The Bertz CT molecular complexity index is 1260. The van der Waals surface area contributed by atoms with E-state index in [1.54, 1.807) is 36.4 Å². The molecule has 0 aromatic heterocycles. The van der Waals surface area contributed by atoms with Gasteiger partial charge in [0.1, 0.15) is 24.1 Å². The fourth-order valence-electron chi connectivity index (χ4n) is 2.75. The van der Waals surface area contributed by atoms with Crippen LogP contribution in [0.2, 0.25) is 10.0 Å². The number of amides is 1. The SMILES string of the molecule is COc1cc(/C=C(\C#N)C(=O)Nc2ccc(Cl)c(Cl)c2)c(Br)cc1OCc1ccc(F)cc1. The van der Waals surface area contributed by atoms with E-state index in [0.717, 1.165) is 5.56 Å². The number of hydrogen-bond acceptors (Lipinski definition) is 4. The van der Waals surface area contributed by atoms with Crippen molar-refractivity contribution in [1.29, 1.82) is 5.26 Å². The number of carbonyl (C=O) groups is 1. The molecule has 0 aliphatic heterocycles. The fraction of sp³-hybridized carbons (Fsp3) is 0.0833. The monoisotopic (exact) mass is 548 g/mol. The third kappa shape index (κ3) is 6.48. The largest absolute Gasteiger partial charge is 0.493 e. The van der Waals surface area contributed by atoms with Gasteiger partial charge in [0.15, 0.2) is 11.5 Å². The van der Waals surface area contributed by atoms with Crippen molar-refractivity contribution in [2.24, 2.45) is 0 Å². The molecule has 1 amide bonds. The molecule has 0 atom stereocenters. The van der Waals surface area contributed by atoms with Crippen molar-refractivity contribution in [3.63, 3.8) is 0 Å². The highest BCUT2D eigenvalue weighted by molar-refractivity contribution is 9.10. The van der Waals surface area contributed by atoms with Gasteiger partial charge in [-0.25, -0.2) is 4.39 Å². The van der Waals surface area contributed by atoms with Crippen molar-refractivity contribution in [3.05, 3.63) is 91.6 Å². The number of benzene rings is 3. The minimum atomic E-state index is -0.613. The Morgan fingerprint density at radius 2 is 1.85 bits per heavy atom. The molecule has 1 N–H and O–H groups in total. The molecule has 0 aliphatic rings. The van der Waals surface area contributed by atoms with Crippen molar-refractivity contribution >= 4 is 56.8 Å². The molecule has 0 spiro atoms. The third-order valence-corrected chi connectivity index (χ3v) is 5.86. The van der Waals surface area contributed by atoms with Gasteiger partial charge in [-0.05, 0) is 59.7 Å². The summed E-state index contributed by atoms with van der Waals surface area (Å²) in [5.41, 5.74) is 1.58. The number of nitrogens with zero attached hydrogens (tertiary/aromatic N) is 1. The van der Waals surface area contributed by atoms with Gasteiger partial charge < -0.3 is 14.8 Å². The molecule has 0 unspecified atom stereocenters. The number of nitrogens with one attached hydrogen (secondary N) is 1. The van der Waals surface area contributed by atoms with Crippen LogP contribution in [0.1, 0.15) is 11.1 Å². The molecule has 0 saturated heterocycles. The van der Waals surface area contributed by atoms with Gasteiger partial charge in [0.25, 0.3) is 5.91 Å². The molecule has 0 fully saturated rings. The second kappa shape index (κ2) is 11.2. The zero-order valence-corrected chi connectivity index (χ0v) is 20.3. The van der Waals surface area contributed by atoms with Crippen molar-refractivity contribution in [3.8, 4) is 17.6 Å². The predicted octanol–water partition coefficient (Wildman–Crippen LogP) is 7.03. The number of nitriles is 1. The lowest BCUT2D eigenvalue weighted by atomic mass is 10.1. The number of halogens is 4. The van der Waals surface area contributed by atoms with E-state index in [2.05, 4.69) is 21.2 Å². The summed E-state index contributed by atoms with van der Waals surface area (Å²) in [7, 11) is 1.48. The zero-order chi connectivity index (χ0) is 24.0. The molecular formula is C24H16BrCl2FN2O3. The average Bonchev–Trinajstić information content (AvgIpc) is 2.80. The predicted molar refractivity (Wildman–Crippen MR) is 130 cm³/mol. The van der Waals surface area contributed by atoms with Crippen LogP contribution in [-0.2, 0) is 11.4 Å². The fourth-order valence-corrected chi connectivity index (χ4v) is 3.49. The highest BCUT2D eigenvalue weighted by Gasteiger charge is 2.14. The van der Waals surface area contributed by atoms with Crippen LogP contribution in [0, 0.1) is 17.1 Å². The normalized spacial score (nSPS) is 11.0. The lowest BCUT2D eigenvalue weighted by Crippen LogP contribution is -2.13. The number of anilines is 1.